The molecule has 25 heavy (non-hydrogen) atoms. The van der Waals surface area contributed by atoms with E-state index in [2.05, 4.69) is 10.5 Å². The number of nitrogens with zero attached hydrogens (tertiary/aromatic N) is 1. The Labute approximate surface area is 143 Å². The maximum atomic E-state index is 12.5. The van der Waals surface area contributed by atoms with Gasteiger partial charge in [-0.3, -0.25) is 0 Å². The Morgan fingerprint density at radius 2 is 1.68 bits per heavy atom. The van der Waals surface area contributed by atoms with Crippen LogP contribution in [0, 0.1) is 0 Å². The second-order valence-corrected chi connectivity index (χ2v) is 5.22. The second kappa shape index (κ2) is 7.27. The molecule has 6 heteroatoms. The Hall–Kier alpha value is -3.67. The van der Waals surface area contributed by atoms with Gasteiger partial charge in [0.1, 0.15) is 5.75 Å². The van der Waals surface area contributed by atoms with Crippen molar-refractivity contribution in [3.63, 3.8) is 0 Å². The van der Waals surface area contributed by atoms with Crippen LogP contribution in [0.25, 0.3) is 10.8 Å². The van der Waals surface area contributed by atoms with Crippen molar-refractivity contribution in [3.8, 4) is 5.75 Å². The minimum Gasteiger partial charge on any atom is -0.423 e. The zero-order valence-corrected chi connectivity index (χ0v) is 13.2. The summed E-state index contributed by atoms with van der Waals surface area (Å²) in [6, 6.07) is 19.1. The van der Waals surface area contributed by atoms with E-state index in [4.69, 9.17) is 10.5 Å². The third-order valence-electron chi connectivity index (χ3n) is 3.49. The molecule has 0 radical (unpaired) electrons. The van der Waals surface area contributed by atoms with Crippen LogP contribution in [0.3, 0.4) is 0 Å². The molecule has 0 atom stereocenters. The smallest absolute Gasteiger partial charge is 0.344 e. The Morgan fingerprint density at radius 1 is 0.960 bits per heavy atom. The fraction of sp³-hybridized carbons (Fsp3) is 0. The van der Waals surface area contributed by atoms with Crippen LogP contribution in [-0.2, 0) is 0 Å². The van der Waals surface area contributed by atoms with E-state index < -0.39 is 12.0 Å². The molecule has 0 aromatic heterocycles. The van der Waals surface area contributed by atoms with Gasteiger partial charge < -0.3 is 10.5 Å². The first kappa shape index (κ1) is 16.2. The zero-order valence-electron chi connectivity index (χ0n) is 13.2. The molecule has 0 aliphatic rings. The Balaban J connectivity index is 1.74. The summed E-state index contributed by atoms with van der Waals surface area (Å²) in [5.41, 5.74) is 8.24. The summed E-state index contributed by atoms with van der Waals surface area (Å²) in [4.78, 5) is 23.0. The lowest BCUT2D eigenvalue weighted by Crippen LogP contribution is -2.24. The van der Waals surface area contributed by atoms with Crippen molar-refractivity contribution in [1.29, 1.82) is 0 Å². The lowest BCUT2D eigenvalue weighted by atomic mass is 10.0. The number of hydrazone groups is 1. The minimum atomic E-state index is -0.739. The van der Waals surface area contributed by atoms with Crippen LogP contribution in [0.2, 0.25) is 0 Å². The zero-order chi connectivity index (χ0) is 17.6. The van der Waals surface area contributed by atoms with Gasteiger partial charge in [-0.15, -0.1) is 0 Å². The minimum absolute atomic E-state index is 0.415. The fourth-order valence-electron chi connectivity index (χ4n) is 2.36. The van der Waals surface area contributed by atoms with Crippen molar-refractivity contribution in [2.75, 3.05) is 0 Å². The van der Waals surface area contributed by atoms with Crippen molar-refractivity contribution in [2.45, 2.75) is 0 Å². The van der Waals surface area contributed by atoms with E-state index in [1.165, 1.54) is 6.21 Å². The Morgan fingerprint density at radius 3 is 2.44 bits per heavy atom. The van der Waals surface area contributed by atoms with E-state index in [1.54, 1.807) is 30.3 Å². The van der Waals surface area contributed by atoms with E-state index in [1.807, 2.05) is 36.4 Å². The SMILES string of the molecule is NC(=O)N/N=C/c1ccc(OC(=O)c2cccc3ccccc23)cc1. The molecule has 2 amide bonds. The summed E-state index contributed by atoms with van der Waals surface area (Å²) in [5, 5.41) is 5.48. The molecule has 0 spiro atoms. The van der Waals surface area contributed by atoms with Gasteiger partial charge in [0.05, 0.1) is 11.8 Å². The summed E-state index contributed by atoms with van der Waals surface area (Å²) in [6.07, 6.45) is 1.43. The molecule has 0 aliphatic heterocycles. The summed E-state index contributed by atoms with van der Waals surface area (Å²) < 4.78 is 5.43. The fourth-order valence-corrected chi connectivity index (χ4v) is 2.36. The normalized spacial score (nSPS) is 10.7. The number of hydrogen-bond donors (Lipinski definition) is 2. The van der Waals surface area contributed by atoms with Crippen LogP contribution in [0.5, 0.6) is 5.75 Å². The number of fused-ring (bicyclic) bond motifs is 1. The maximum Gasteiger partial charge on any atom is 0.344 e. The van der Waals surface area contributed by atoms with Crippen LogP contribution >= 0.6 is 0 Å². The van der Waals surface area contributed by atoms with Gasteiger partial charge in [-0.2, -0.15) is 5.10 Å². The highest BCUT2D eigenvalue weighted by Crippen LogP contribution is 2.21. The average molecular weight is 333 g/mol. The molecule has 6 nitrogen and oxygen atoms in total. The first-order chi connectivity index (χ1) is 12.1. The standard InChI is InChI=1S/C19H15N3O3/c20-19(24)22-21-12-13-8-10-15(11-9-13)25-18(23)17-7-3-5-14-4-1-2-6-16(14)17/h1-12H,(H3,20,22,24)/b21-12+. The topological polar surface area (TPSA) is 93.8 Å². The molecule has 3 aromatic rings. The highest BCUT2D eigenvalue weighted by molar-refractivity contribution is 6.05. The molecule has 3 rings (SSSR count). The van der Waals surface area contributed by atoms with Crippen molar-refractivity contribution in [1.82, 2.24) is 5.43 Å². The number of amides is 2. The van der Waals surface area contributed by atoms with Gasteiger partial charge >= 0.3 is 12.0 Å². The molecule has 3 aromatic carbocycles. The molecular weight excluding hydrogens is 318 g/mol. The predicted octanol–water partition coefficient (Wildman–Crippen LogP) is 3.06. The van der Waals surface area contributed by atoms with Crippen LogP contribution in [0.4, 0.5) is 4.79 Å². The van der Waals surface area contributed by atoms with Crippen LogP contribution < -0.4 is 15.9 Å². The maximum absolute atomic E-state index is 12.5. The highest BCUT2D eigenvalue weighted by atomic mass is 16.5. The number of rotatable bonds is 4. The third kappa shape index (κ3) is 4.00. The first-order valence-corrected chi connectivity index (χ1v) is 7.52. The molecule has 0 saturated heterocycles. The number of ether oxygens (including phenoxy) is 1. The molecule has 0 unspecified atom stereocenters. The number of esters is 1. The van der Waals surface area contributed by atoms with E-state index in [0.29, 0.717) is 11.3 Å². The van der Waals surface area contributed by atoms with E-state index in [0.717, 1.165) is 16.3 Å². The number of nitrogens with two attached hydrogens (primary N) is 1. The van der Waals surface area contributed by atoms with E-state index in [9.17, 15) is 9.59 Å². The molecule has 124 valence electrons. The molecule has 0 bridgehead atoms. The number of carbonyl (C=O) groups excluding carboxylic acids is 2. The van der Waals surface area contributed by atoms with Crippen molar-refractivity contribution in [2.24, 2.45) is 10.8 Å². The molecule has 0 fully saturated rings. The second-order valence-electron chi connectivity index (χ2n) is 5.22. The summed E-state index contributed by atoms with van der Waals surface area (Å²) in [6.45, 7) is 0. The van der Waals surface area contributed by atoms with Gasteiger partial charge in [0, 0.05) is 0 Å². The third-order valence-corrected chi connectivity index (χ3v) is 3.49. The van der Waals surface area contributed by atoms with Gasteiger partial charge in [-0.05, 0) is 46.7 Å². The lowest BCUT2D eigenvalue weighted by molar-refractivity contribution is 0.0737. The van der Waals surface area contributed by atoms with Crippen molar-refractivity contribution in [3.05, 3.63) is 77.9 Å². The van der Waals surface area contributed by atoms with Crippen molar-refractivity contribution < 1.29 is 14.3 Å². The molecular formula is C19H15N3O3. The molecule has 0 saturated carbocycles. The van der Waals surface area contributed by atoms with Gasteiger partial charge in [0.2, 0.25) is 0 Å². The van der Waals surface area contributed by atoms with E-state index in [-0.39, 0.29) is 0 Å². The number of carbonyl (C=O) groups is 2. The van der Waals surface area contributed by atoms with Crippen LogP contribution in [0.1, 0.15) is 15.9 Å². The summed E-state index contributed by atoms with van der Waals surface area (Å²) in [7, 11) is 0. The molecule has 3 N–H and O–H groups in total. The number of urea groups is 1. The lowest BCUT2D eigenvalue weighted by Gasteiger charge is -2.07. The van der Waals surface area contributed by atoms with E-state index >= 15 is 0 Å². The van der Waals surface area contributed by atoms with Crippen molar-refractivity contribution >= 4 is 29.0 Å². The van der Waals surface area contributed by atoms with Gasteiger partial charge in [0.25, 0.3) is 0 Å². The molecule has 0 aliphatic carbocycles. The first-order valence-electron chi connectivity index (χ1n) is 7.52. The monoisotopic (exact) mass is 333 g/mol. The van der Waals surface area contributed by atoms with Crippen LogP contribution in [-0.4, -0.2) is 18.2 Å². The van der Waals surface area contributed by atoms with Gasteiger partial charge in [-0.1, -0.05) is 36.4 Å². The number of nitrogens with one attached hydrogen (secondary N) is 1. The predicted molar refractivity (Wildman–Crippen MR) is 95.7 cm³/mol. The Kier molecular flexibility index (Phi) is 4.71. The average Bonchev–Trinajstić information content (AvgIpc) is 2.62. The van der Waals surface area contributed by atoms with Gasteiger partial charge in [-0.25, -0.2) is 15.0 Å². The highest BCUT2D eigenvalue weighted by Gasteiger charge is 2.12. The number of primary amides is 1. The van der Waals surface area contributed by atoms with Crippen LogP contribution in [0.15, 0.2) is 71.8 Å². The largest absolute Gasteiger partial charge is 0.423 e. The number of hydrogen-bond acceptors (Lipinski definition) is 4. The Bertz CT molecular complexity index is 944. The quantitative estimate of drug-likeness (QED) is 0.332. The summed E-state index contributed by atoms with van der Waals surface area (Å²) >= 11 is 0. The van der Waals surface area contributed by atoms with Gasteiger partial charge in [0.15, 0.2) is 0 Å². The summed E-state index contributed by atoms with van der Waals surface area (Å²) in [5.74, 6) is -0.00782. The molecule has 0 heterocycles. The number of benzene rings is 3.